The van der Waals surface area contributed by atoms with Crippen LogP contribution in [0.4, 0.5) is 18.0 Å². The van der Waals surface area contributed by atoms with Crippen molar-refractivity contribution >= 4 is 12.2 Å². The molecule has 5 nitrogen and oxygen atoms in total. The minimum absolute atomic E-state index is 0.0542. The molecule has 0 aliphatic rings. The fourth-order valence-electron chi connectivity index (χ4n) is 0.970. The number of amides is 2. The van der Waals surface area contributed by atoms with Crippen molar-refractivity contribution in [2.75, 3.05) is 0 Å². The number of carbonyl (C=O) groups excluding carboxylic acids is 1. The Balaban J connectivity index is 2.84. The van der Waals surface area contributed by atoms with Crippen molar-refractivity contribution in [1.82, 2.24) is 5.43 Å². The number of benzene rings is 1. The average molecular weight is 247 g/mol. The van der Waals surface area contributed by atoms with E-state index in [0.29, 0.717) is 0 Å². The van der Waals surface area contributed by atoms with Crippen LogP contribution in [0.3, 0.4) is 0 Å². The molecule has 3 N–H and O–H groups in total. The van der Waals surface area contributed by atoms with Gasteiger partial charge in [-0.15, -0.1) is 13.2 Å². The number of hydrogen-bond acceptors (Lipinski definition) is 3. The number of urea groups is 1. The Kier molecular flexibility index (Phi) is 3.91. The van der Waals surface area contributed by atoms with Gasteiger partial charge in [0.1, 0.15) is 5.75 Å². The van der Waals surface area contributed by atoms with Crippen molar-refractivity contribution in [3.05, 3.63) is 29.8 Å². The molecule has 0 aromatic heterocycles. The van der Waals surface area contributed by atoms with Gasteiger partial charge in [0.15, 0.2) is 0 Å². The molecule has 0 heterocycles. The third-order valence-corrected chi connectivity index (χ3v) is 1.52. The van der Waals surface area contributed by atoms with Crippen molar-refractivity contribution in [3.8, 4) is 5.75 Å². The Labute approximate surface area is 94.1 Å². The fourth-order valence-corrected chi connectivity index (χ4v) is 0.970. The molecule has 0 radical (unpaired) electrons. The third kappa shape index (κ3) is 4.87. The van der Waals surface area contributed by atoms with Crippen LogP contribution in [-0.2, 0) is 0 Å². The Morgan fingerprint density at radius 2 is 2.06 bits per heavy atom. The minimum atomic E-state index is -4.79. The summed E-state index contributed by atoms with van der Waals surface area (Å²) in [6.45, 7) is 0. The first-order valence-corrected chi connectivity index (χ1v) is 4.32. The molecule has 17 heavy (non-hydrogen) atoms. The number of hydrogen-bond donors (Lipinski definition) is 2. The summed E-state index contributed by atoms with van der Waals surface area (Å²) in [5, 5.41) is 3.33. The highest BCUT2D eigenvalue weighted by Gasteiger charge is 2.31. The van der Waals surface area contributed by atoms with Crippen LogP contribution in [0.1, 0.15) is 5.56 Å². The molecular formula is C9H8F3N3O2. The molecular weight excluding hydrogens is 239 g/mol. The van der Waals surface area contributed by atoms with Gasteiger partial charge in [0.25, 0.3) is 0 Å². The summed E-state index contributed by atoms with van der Waals surface area (Å²) in [6, 6.07) is 4.41. The van der Waals surface area contributed by atoms with E-state index in [1.807, 2.05) is 5.43 Å². The van der Waals surface area contributed by atoms with Crippen molar-refractivity contribution in [3.63, 3.8) is 0 Å². The molecule has 8 heteroatoms. The number of rotatable bonds is 3. The highest BCUT2D eigenvalue weighted by atomic mass is 19.4. The second-order valence-electron chi connectivity index (χ2n) is 2.82. The number of carbonyl (C=O) groups is 1. The topological polar surface area (TPSA) is 76.7 Å². The van der Waals surface area contributed by atoms with Gasteiger partial charge >= 0.3 is 12.4 Å². The molecule has 92 valence electrons. The molecule has 0 atom stereocenters. The minimum Gasteiger partial charge on any atom is -0.405 e. The van der Waals surface area contributed by atoms with Gasteiger partial charge in [0.05, 0.1) is 6.21 Å². The Morgan fingerprint density at radius 3 is 2.65 bits per heavy atom. The number of alkyl halides is 3. The van der Waals surface area contributed by atoms with E-state index in [4.69, 9.17) is 5.73 Å². The van der Waals surface area contributed by atoms with Crippen LogP contribution in [0.5, 0.6) is 5.75 Å². The molecule has 0 spiro atoms. The van der Waals surface area contributed by atoms with E-state index in [2.05, 4.69) is 9.84 Å². The zero-order valence-electron chi connectivity index (χ0n) is 8.36. The van der Waals surface area contributed by atoms with E-state index in [9.17, 15) is 18.0 Å². The number of nitrogens with zero attached hydrogens (tertiary/aromatic N) is 1. The van der Waals surface area contributed by atoms with Gasteiger partial charge < -0.3 is 10.5 Å². The predicted octanol–water partition coefficient (Wildman–Crippen LogP) is 1.59. The summed E-state index contributed by atoms with van der Waals surface area (Å²) in [6.07, 6.45) is -3.80. The highest BCUT2D eigenvalue weighted by Crippen LogP contribution is 2.24. The molecule has 0 unspecified atom stereocenters. The summed E-state index contributed by atoms with van der Waals surface area (Å²) in [7, 11) is 0. The second kappa shape index (κ2) is 5.19. The summed E-state index contributed by atoms with van der Waals surface area (Å²) in [4.78, 5) is 10.3. The molecule has 1 aromatic rings. The van der Waals surface area contributed by atoms with Crippen LogP contribution in [-0.4, -0.2) is 18.6 Å². The lowest BCUT2D eigenvalue weighted by Crippen LogP contribution is -2.24. The quantitative estimate of drug-likeness (QED) is 0.628. The molecule has 0 aliphatic carbocycles. The van der Waals surface area contributed by atoms with E-state index in [1.165, 1.54) is 18.2 Å². The average Bonchev–Trinajstić information content (AvgIpc) is 2.17. The first-order chi connectivity index (χ1) is 7.88. The summed E-state index contributed by atoms with van der Waals surface area (Å²) >= 11 is 0. The summed E-state index contributed by atoms with van der Waals surface area (Å²) in [5.74, 6) is -0.421. The van der Waals surface area contributed by atoms with Gasteiger partial charge in [-0.3, -0.25) is 0 Å². The SMILES string of the molecule is NC(=O)NN=Cc1ccccc1OC(F)(F)F. The Hall–Kier alpha value is -2.25. The van der Waals surface area contributed by atoms with E-state index in [0.717, 1.165) is 12.3 Å². The van der Waals surface area contributed by atoms with Gasteiger partial charge in [-0.2, -0.15) is 5.10 Å². The molecule has 1 aromatic carbocycles. The van der Waals surface area contributed by atoms with Crippen LogP contribution in [0.2, 0.25) is 0 Å². The smallest absolute Gasteiger partial charge is 0.405 e. The molecule has 0 saturated heterocycles. The number of para-hydroxylation sites is 1. The lowest BCUT2D eigenvalue weighted by molar-refractivity contribution is -0.274. The molecule has 0 fully saturated rings. The maximum atomic E-state index is 12.0. The monoisotopic (exact) mass is 247 g/mol. The molecule has 0 bridgehead atoms. The van der Waals surface area contributed by atoms with Crippen molar-refractivity contribution in [1.29, 1.82) is 0 Å². The summed E-state index contributed by atoms with van der Waals surface area (Å²) < 4.78 is 39.8. The first kappa shape index (κ1) is 12.8. The molecule has 2 amide bonds. The molecule has 1 rings (SSSR count). The van der Waals surface area contributed by atoms with Gasteiger partial charge in [0, 0.05) is 5.56 Å². The number of nitrogens with one attached hydrogen (secondary N) is 1. The fraction of sp³-hybridized carbons (Fsp3) is 0.111. The van der Waals surface area contributed by atoms with E-state index in [1.54, 1.807) is 0 Å². The lowest BCUT2D eigenvalue weighted by atomic mass is 10.2. The maximum Gasteiger partial charge on any atom is 0.573 e. The van der Waals surface area contributed by atoms with Crippen LogP contribution in [0.25, 0.3) is 0 Å². The Bertz CT molecular complexity index is 432. The number of hydrazone groups is 1. The second-order valence-corrected chi connectivity index (χ2v) is 2.82. The van der Waals surface area contributed by atoms with E-state index < -0.39 is 18.1 Å². The summed E-state index contributed by atoms with van der Waals surface area (Å²) in [5.41, 5.74) is 6.63. The molecule has 0 aliphatic heterocycles. The standard InChI is InChI=1S/C9H8F3N3O2/c10-9(11,12)17-7-4-2-1-3-6(7)5-14-15-8(13)16/h1-5H,(H3,13,15,16). The van der Waals surface area contributed by atoms with Gasteiger partial charge in [-0.25, -0.2) is 10.2 Å². The van der Waals surface area contributed by atoms with Crippen molar-refractivity contribution in [2.45, 2.75) is 6.36 Å². The van der Waals surface area contributed by atoms with Crippen LogP contribution in [0, 0.1) is 0 Å². The van der Waals surface area contributed by atoms with Gasteiger partial charge in [0.2, 0.25) is 0 Å². The Morgan fingerprint density at radius 1 is 1.41 bits per heavy atom. The van der Waals surface area contributed by atoms with Crippen LogP contribution < -0.4 is 15.9 Å². The number of primary amides is 1. The third-order valence-electron chi connectivity index (χ3n) is 1.52. The van der Waals surface area contributed by atoms with E-state index in [-0.39, 0.29) is 5.56 Å². The van der Waals surface area contributed by atoms with Gasteiger partial charge in [-0.05, 0) is 12.1 Å². The first-order valence-electron chi connectivity index (χ1n) is 4.32. The van der Waals surface area contributed by atoms with Crippen LogP contribution in [0.15, 0.2) is 29.4 Å². The van der Waals surface area contributed by atoms with Crippen LogP contribution >= 0.6 is 0 Å². The predicted molar refractivity (Wildman–Crippen MR) is 53.4 cm³/mol. The normalized spacial score (nSPS) is 11.5. The number of halogens is 3. The zero-order valence-corrected chi connectivity index (χ0v) is 8.36. The lowest BCUT2D eigenvalue weighted by Gasteiger charge is -2.10. The van der Waals surface area contributed by atoms with E-state index >= 15 is 0 Å². The number of ether oxygens (including phenoxy) is 1. The largest absolute Gasteiger partial charge is 0.573 e. The molecule has 0 saturated carbocycles. The van der Waals surface area contributed by atoms with Crippen molar-refractivity contribution < 1.29 is 22.7 Å². The van der Waals surface area contributed by atoms with Gasteiger partial charge in [-0.1, -0.05) is 12.1 Å². The number of nitrogens with two attached hydrogens (primary N) is 1. The van der Waals surface area contributed by atoms with Crippen molar-refractivity contribution in [2.24, 2.45) is 10.8 Å². The zero-order chi connectivity index (χ0) is 12.9. The highest BCUT2D eigenvalue weighted by molar-refractivity contribution is 5.84. The maximum absolute atomic E-state index is 12.0.